The number of methoxy groups -OCH3 is 1. The molecule has 5 nitrogen and oxygen atoms in total. The summed E-state index contributed by atoms with van der Waals surface area (Å²) in [7, 11) is 1.58. The van der Waals surface area contributed by atoms with E-state index in [0.717, 1.165) is 11.3 Å². The highest BCUT2D eigenvalue weighted by molar-refractivity contribution is 6.05. The second-order valence-electron chi connectivity index (χ2n) is 6.69. The van der Waals surface area contributed by atoms with Crippen LogP contribution in [0.15, 0.2) is 66.7 Å². The minimum absolute atomic E-state index is 0.205. The Hall–Kier alpha value is -3.47. The fourth-order valence-electron chi connectivity index (χ4n) is 2.77. The first-order valence-corrected chi connectivity index (χ1v) is 9.43. The van der Waals surface area contributed by atoms with Crippen molar-refractivity contribution in [3.63, 3.8) is 0 Å². The SMILES string of the molecule is COc1ccc(C)cc1NC(=O)c1ccc(OCCOc2ccc(C)cc2)cc1. The van der Waals surface area contributed by atoms with Crippen LogP contribution in [0, 0.1) is 13.8 Å². The standard InChI is InChI=1S/C24H25NO4/c1-17-4-9-20(10-5-17)28-14-15-29-21-11-7-19(8-12-21)24(26)25-22-16-18(2)6-13-23(22)27-3/h4-13,16H,14-15H2,1-3H3,(H,25,26). The molecule has 1 amide bonds. The summed E-state index contributed by atoms with van der Waals surface area (Å²) in [6.07, 6.45) is 0. The molecule has 150 valence electrons. The lowest BCUT2D eigenvalue weighted by Crippen LogP contribution is -2.13. The van der Waals surface area contributed by atoms with Crippen LogP contribution in [-0.2, 0) is 0 Å². The quantitative estimate of drug-likeness (QED) is 0.548. The molecular formula is C24H25NO4. The molecule has 3 aromatic rings. The van der Waals surface area contributed by atoms with Crippen LogP contribution in [-0.4, -0.2) is 26.2 Å². The van der Waals surface area contributed by atoms with E-state index in [4.69, 9.17) is 14.2 Å². The van der Waals surface area contributed by atoms with Crippen molar-refractivity contribution >= 4 is 11.6 Å². The molecule has 0 aromatic heterocycles. The monoisotopic (exact) mass is 391 g/mol. The lowest BCUT2D eigenvalue weighted by Gasteiger charge is -2.12. The predicted molar refractivity (Wildman–Crippen MR) is 114 cm³/mol. The summed E-state index contributed by atoms with van der Waals surface area (Å²) >= 11 is 0. The molecule has 0 saturated carbocycles. The van der Waals surface area contributed by atoms with Crippen LogP contribution in [0.3, 0.4) is 0 Å². The van der Waals surface area contributed by atoms with Gasteiger partial charge in [-0.05, 0) is 67.9 Å². The van der Waals surface area contributed by atoms with Crippen molar-refractivity contribution < 1.29 is 19.0 Å². The molecule has 29 heavy (non-hydrogen) atoms. The van der Waals surface area contributed by atoms with Crippen LogP contribution in [0.25, 0.3) is 0 Å². The third-order valence-electron chi connectivity index (χ3n) is 4.36. The van der Waals surface area contributed by atoms with Crippen molar-refractivity contribution in [3.8, 4) is 17.2 Å². The van der Waals surface area contributed by atoms with Crippen molar-refractivity contribution in [1.82, 2.24) is 0 Å². The summed E-state index contributed by atoms with van der Waals surface area (Å²) in [5, 5.41) is 2.89. The van der Waals surface area contributed by atoms with E-state index in [-0.39, 0.29) is 5.91 Å². The van der Waals surface area contributed by atoms with E-state index in [9.17, 15) is 4.79 Å². The van der Waals surface area contributed by atoms with Gasteiger partial charge in [0.15, 0.2) is 0 Å². The highest BCUT2D eigenvalue weighted by Gasteiger charge is 2.10. The number of carbonyl (C=O) groups excluding carboxylic acids is 1. The van der Waals surface area contributed by atoms with Gasteiger partial charge in [-0.3, -0.25) is 4.79 Å². The highest BCUT2D eigenvalue weighted by Crippen LogP contribution is 2.26. The molecule has 0 aliphatic heterocycles. The normalized spacial score (nSPS) is 10.3. The second-order valence-corrected chi connectivity index (χ2v) is 6.69. The largest absolute Gasteiger partial charge is 0.495 e. The minimum atomic E-state index is -0.205. The second kappa shape index (κ2) is 9.64. The fourth-order valence-corrected chi connectivity index (χ4v) is 2.77. The van der Waals surface area contributed by atoms with E-state index < -0.39 is 0 Å². The number of rotatable bonds is 8. The van der Waals surface area contributed by atoms with Gasteiger partial charge in [0.2, 0.25) is 0 Å². The molecule has 0 unspecified atom stereocenters. The summed E-state index contributed by atoms with van der Waals surface area (Å²) in [6.45, 7) is 4.86. The number of benzene rings is 3. The maximum absolute atomic E-state index is 12.5. The molecule has 3 aromatic carbocycles. The number of hydrogen-bond acceptors (Lipinski definition) is 4. The van der Waals surface area contributed by atoms with Crippen molar-refractivity contribution in [2.24, 2.45) is 0 Å². The third-order valence-corrected chi connectivity index (χ3v) is 4.36. The van der Waals surface area contributed by atoms with Crippen LogP contribution < -0.4 is 19.5 Å². The van der Waals surface area contributed by atoms with E-state index in [1.54, 1.807) is 31.4 Å². The first-order chi connectivity index (χ1) is 14.0. The van der Waals surface area contributed by atoms with Crippen molar-refractivity contribution in [3.05, 3.63) is 83.4 Å². The van der Waals surface area contributed by atoms with Crippen LogP contribution in [0.1, 0.15) is 21.5 Å². The molecule has 0 heterocycles. The minimum Gasteiger partial charge on any atom is -0.495 e. The third kappa shape index (κ3) is 5.75. The summed E-state index contributed by atoms with van der Waals surface area (Å²) in [6, 6.07) is 20.5. The lowest BCUT2D eigenvalue weighted by molar-refractivity contribution is 0.102. The Balaban J connectivity index is 1.51. The Morgan fingerprint density at radius 2 is 1.34 bits per heavy atom. The van der Waals surface area contributed by atoms with Gasteiger partial charge in [-0.25, -0.2) is 0 Å². The summed E-state index contributed by atoms with van der Waals surface area (Å²) < 4.78 is 16.6. The Labute approximate surface area is 171 Å². The zero-order chi connectivity index (χ0) is 20.6. The maximum Gasteiger partial charge on any atom is 0.255 e. The molecule has 0 bridgehead atoms. The Bertz CT molecular complexity index is 950. The van der Waals surface area contributed by atoms with Gasteiger partial charge < -0.3 is 19.5 Å². The van der Waals surface area contributed by atoms with E-state index in [0.29, 0.717) is 36.0 Å². The maximum atomic E-state index is 12.5. The van der Waals surface area contributed by atoms with Gasteiger partial charge in [-0.15, -0.1) is 0 Å². The number of amides is 1. The number of nitrogens with one attached hydrogen (secondary N) is 1. The molecule has 1 N–H and O–H groups in total. The molecule has 0 aliphatic carbocycles. The predicted octanol–water partition coefficient (Wildman–Crippen LogP) is 5.02. The molecule has 0 atom stereocenters. The van der Waals surface area contributed by atoms with Gasteiger partial charge in [-0.1, -0.05) is 23.8 Å². The van der Waals surface area contributed by atoms with Crippen molar-refractivity contribution in [2.45, 2.75) is 13.8 Å². The topological polar surface area (TPSA) is 56.8 Å². The zero-order valence-electron chi connectivity index (χ0n) is 16.9. The molecule has 0 fully saturated rings. The van der Waals surface area contributed by atoms with E-state index in [2.05, 4.69) is 5.32 Å². The smallest absolute Gasteiger partial charge is 0.255 e. The number of hydrogen-bond donors (Lipinski definition) is 1. The van der Waals surface area contributed by atoms with Crippen molar-refractivity contribution in [2.75, 3.05) is 25.6 Å². The van der Waals surface area contributed by atoms with Gasteiger partial charge in [-0.2, -0.15) is 0 Å². The van der Waals surface area contributed by atoms with Gasteiger partial charge in [0, 0.05) is 5.56 Å². The lowest BCUT2D eigenvalue weighted by atomic mass is 10.1. The molecule has 0 aliphatic rings. The molecule has 5 heteroatoms. The Morgan fingerprint density at radius 3 is 1.93 bits per heavy atom. The Morgan fingerprint density at radius 1 is 0.793 bits per heavy atom. The van der Waals surface area contributed by atoms with Gasteiger partial charge in [0.25, 0.3) is 5.91 Å². The number of anilines is 1. The van der Waals surface area contributed by atoms with E-state index >= 15 is 0 Å². The summed E-state index contributed by atoms with van der Waals surface area (Å²) in [5.74, 6) is 1.92. The van der Waals surface area contributed by atoms with Crippen LogP contribution in [0.2, 0.25) is 0 Å². The average molecular weight is 391 g/mol. The molecule has 3 rings (SSSR count). The van der Waals surface area contributed by atoms with E-state index in [1.807, 2.05) is 56.3 Å². The van der Waals surface area contributed by atoms with Crippen molar-refractivity contribution in [1.29, 1.82) is 0 Å². The van der Waals surface area contributed by atoms with E-state index in [1.165, 1.54) is 5.56 Å². The van der Waals surface area contributed by atoms with Gasteiger partial charge in [0.05, 0.1) is 12.8 Å². The van der Waals surface area contributed by atoms with Crippen LogP contribution >= 0.6 is 0 Å². The van der Waals surface area contributed by atoms with Gasteiger partial charge in [0.1, 0.15) is 30.5 Å². The molecule has 0 radical (unpaired) electrons. The molecule has 0 spiro atoms. The average Bonchev–Trinajstić information content (AvgIpc) is 2.73. The van der Waals surface area contributed by atoms with Crippen LogP contribution in [0.5, 0.6) is 17.2 Å². The Kier molecular flexibility index (Phi) is 6.74. The van der Waals surface area contributed by atoms with Crippen LogP contribution in [0.4, 0.5) is 5.69 Å². The highest BCUT2D eigenvalue weighted by atomic mass is 16.5. The first-order valence-electron chi connectivity index (χ1n) is 9.43. The number of carbonyl (C=O) groups is 1. The van der Waals surface area contributed by atoms with Gasteiger partial charge >= 0.3 is 0 Å². The number of aryl methyl sites for hydroxylation is 2. The summed E-state index contributed by atoms with van der Waals surface area (Å²) in [4.78, 5) is 12.5. The molecular weight excluding hydrogens is 366 g/mol. The summed E-state index contributed by atoms with van der Waals surface area (Å²) in [5.41, 5.74) is 3.42. The fraction of sp³-hybridized carbons (Fsp3) is 0.208. The number of ether oxygens (including phenoxy) is 3. The zero-order valence-corrected chi connectivity index (χ0v) is 16.9. The molecule has 0 saturated heterocycles. The first kappa shape index (κ1) is 20.3.